The van der Waals surface area contributed by atoms with Crippen LogP contribution in [-0.2, 0) is 0 Å². The zero-order valence-corrected chi connectivity index (χ0v) is 12.5. The monoisotopic (exact) mass is 268 g/mol. The lowest BCUT2D eigenvalue weighted by atomic mass is 10.1. The number of anilines is 1. The van der Waals surface area contributed by atoms with Gasteiger partial charge in [0.1, 0.15) is 4.99 Å². The molecule has 0 aliphatic rings. The molecule has 3 N–H and O–H groups in total. The normalized spacial score (nSPS) is 11.3. The molecule has 0 atom stereocenters. The Labute approximate surface area is 113 Å². The second kappa shape index (κ2) is 5.74. The minimum absolute atomic E-state index is 0.00492. The third-order valence-corrected chi connectivity index (χ3v) is 3.23. The molecule has 0 amide bonds. The Balaban J connectivity index is 3.20. The zero-order chi connectivity index (χ0) is 13.1. The predicted octanol–water partition coefficient (Wildman–Crippen LogP) is 3.64. The van der Waals surface area contributed by atoms with Gasteiger partial charge in [0.05, 0.1) is 0 Å². The fourth-order valence-electron chi connectivity index (χ4n) is 1.57. The van der Waals surface area contributed by atoms with Crippen molar-refractivity contribution in [1.29, 1.82) is 0 Å². The Morgan fingerprint density at radius 1 is 1.41 bits per heavy atom. The van der Waals surface area contributed by atoms with E-state index in [0.29, 0.717) is 4.99 Å². The third kappa shape index (κ3) is 4.21. The van der Waals surface area contributed by atoms with Crippen molar-refractivity contribution in [3.8, 4) is 0 Å². The van der Waals surface area contributed by atoms with E-state index in [1.807, 2.05) is 12.1 Å². The van der Waals surface area contributed by atoms with Crippen LogP contribution in [0, 0.1) is 0 Å². The van der Waals surface area contributed by atoms with E-state index in [2.05, 4.69) is 39.1 Å². The predicted molar refractivity (Wildman–Crippen MR) is 82.1 cm³/mol. The summed E-state index contributed by atoms with van der Waals surface area (Å²) in [4.78, 5) is 1.60. The lowest BCUT2D eigenvalue weighted by molar-refractivity contribution is 0.633. The molecule has 0 aliphatic heterocycles. The first-order valence-corrected chi connectivity index (χ1v) is 7.08. The van der Waals surface area contributed by atoms with Crippen molar-refractivity contribution in [1.82, 2.24) is 0 Å². The fraction of sp³-hybridized carbons (Fsp3) is 0.462. The average molecular weight is 268 g/mol. The summed E-state index contributed by atoms with van der Waals surface area (Å²) in [7, 11) is 0. The molecule has 0 aromatic heterocycles. The second-order valence-electron chi connectivity index (χ2n) is 4.85. The van der Waals surface area contributed by atoms with Gasteiger partial charge in [-0.05, 0) is 38.7 Å². The highest BCUT2D eigenvalue weighted by atomic mass is 32.2. The topological polar surface area (TPSA) is 38.0 Å². The van der Waals surface area contributed by atoms with Crippen molar-refractivity contribution in [2.75, 3.05) is 11.1 Å². The number of thioether (sulfide) groups is 1. The molecule has 4 heteroatoms. The quantitative estimate of drug-likeness (QED) is 0.646. The molecule has 0 bridgehead atoms. The maximum Gasteiger partial charge on any atom is 0.107 e. The van der Waals surface area contributed by atoms with Gasteiger partial charge in [-0.15, -0.1) is 11.8 Å². The van der Waals surface area contributed by atoms with Gasteiger partial charge in [-0.25, -0.2) is 0 Å². The lowest BCUT2D eigenvalue weighted by Crippen LogP contribution is -2.28. The molecule has 1 rings (SSSR count). The van der Waals surface area contributed by atoms with Gasteiger partial charge < -0.3 is 11.1 Å². The van der Waals surface area contributed by atoms with Gasteiger partial charge in [0.2, 0.25) is 0 Å². The standard InChI is InChI=1S/C13H20N2S2/c1-5-17-10-8-6-7-9(11(10)12(14)16)15-13(2,3)4/h6-8,15H,5H2,1-4H3,(H2,14,16). The summed E-state index contributed by atoms with van der Waals surface area (Å²) in [5.41, 5.74) is 7.82. The number of hydrogen-bond acceptors (Lipinski definition) is 3. The van der Waals surface area contributed by atoms with E-state index in [-0.39, 0.29) is 5.54 Å². The molecule has 0 saturated heterocycles. The molecular weight excluding hydrogens is 248 g/mol. The van der Waals surface area contributed by atoms with Crippen LogP contribution in [0.4, 0.5) is 5.69 Å². The van der Waals surface area contributed by atoms with Crippen LogP contribution in [0.2, 0.25) is 0 Å². The van der Waals surface area contributed by atoms with E-state index in [4.69, 9.17) is 18.0 Å². The minimum atomic E-state index is -0.00492. The Morgan fingerprint density at radius 3 is 2.53 bits per heavy atom. The second-order valence-corrected chi connectivity index (χ2v) is 6.60. The molecule has 1 aromatic rings. The molecule has 0 aliphatic carbocycles. The number of nitrogens with two attached hydrogens (primary N) is 1. The maximum absolute atomic E-state index is 5.84. The molecule has 0 spiro atoms. The minimum Gasteiger partial charge on any atom is -0.389 e. The summed E-state index contributed by atoms with van der Waals surface area (Å²) < 4.78 is 0. The highest BCUT2D eigenvalue weighted by Crippen LogP contribution is 2.30. The molecule has 0 radical (unpaired) electrons. The summed E-state index contributed by atoms with van der Waals surface area (Å²) in [6.45, 7) is 8.49. The highest BCUT2D eigenvalue weighted by molar-refractivity contribution is 7.99. The van der Waals surface area contributed by atoms with Crippen LogP contribution in [0.3, 0.4) is 0 Å². The lowest BCUT2D eigenvalue weighted by Gasteiger charge is -2.25. The number of hydrogen-bond donors (Lipinski definition) is 2. The molecule has 0 fully saturated rings. The van der Waals surface area contributed by atoms with Gasteiger partial charge in [-0.2, -0.15) is 0 Å². The van der Waals surface area contributed by atoms with E-state index >= 15 is 0 Å². The number of thiocarbonyl (C=S) groups is 1. The smallest absolute Gasteiger partial charge is 0.107 e. The van der Waals surface area contributed by atoms with Crippen molar-refractivity contribution in [2.24, 2.45) is 5.73 Å². The van der Waals surface area contributed by atoms with Crippen molar-refractivity contribution in [3.05, 3.63) is 23.8 Å². The van der Waals surface area contributed by atoms with Crippen LogP contribution in [0.5, 0.6) is 0 Å². The Hall–Kier alpha value is -0.740. The molecule has 0 unspecified atom stereocenters. The number of rotatable bonds is 4. The highest BCUT2D eigenvalue weighted by Gasteiger charge is 2.16. The Morgan fingerprint density at radius 2 is 2.06 bits per heavy atom. The summed E-state index contributed by atoms with van der Waals surface area (Å²) in [5.74, 6) is 1.01. The van der Waals surface area contributed by atoms with Crippen LogP contribution in [0.1, 0.15) is 33.3 Å². The Kier molecular flexibility index (Phi) is 4.83. The van der Waals surface area contributed by atoms with Crippen molar-refractivity contribution in [2.45, 2.75) is 38.1 Å². The zero-order valence-electron chi connectivity index (χ0n) is 10.8. The van der Waals surface area contributed by atoms with Crippen molar-refractivity contribution < 1.29 is 0 Å². The van der Waals surface area contributed by atoms with E-state index in [1.54, 1.807) is 11.8 Å². The van der Waals surface area contributed by atoms with Crippen LogP contribution in [-0.4, -0.2) is 16.3 Å². The van der Waals surface area contributed by atoms with E-state index in [9.17, 15) is 0 Å². The van der Waals surface area contributed by atoms with Gasteiger partial charge in [0.15, 0.2) is 0 Å². The first-order valence-electron chi connectivity index (χ1n) is 5.69. The number of nitrogens with one attached hydrogen (secondary N) is 1. The molecule has 0 saturated carbocycles. The molecular formula is C13H20N2S2. The molecule has 1 aromatic carbocycles. The van der Waals surface area contributed by atoms with Crippen LogP contribution in [0.25, 0.3) is 0 Å². The fourth-order valence-corrected chi connectivity index (χ4v) is 2.70. The number of benzene rings is 1. The van der Waals surface area contributed by atoms with Gasteiger partial charge in [0, 0.05) is 21.7 Å². The summed E-state index contributed by atoms with van der Waals surface area (Å²) >= 11 is 6.93. The van der Waals surface area contributed by atoms with Crippen LogP contribution >= 0.6 is 24.0 Å². The summed E-state index contributed by atoms with van der Waals surface area (Å²) in [6.07, 6.45) is 0. The van der Waals surface area contributed by atoms with Gasteiger partial charge >= 0.3 is 0 Å². The first kappa shape index (κ1) is 14.3. The summed E-state index contributed by atoms with van der Waals surface area (Å²) in [5, 5.41) is 3.45. The molecule has 17 heavy (non-hydrogen) atoms. The first-order chi connectivity index (χ1) is 7.85. The Bertz CT molecular complexity index is 408. The van der Waals surface area contributed by atoms with Gasteiger partial charge in [0.25, 0.3) is 0 Å². The van der Waals surface area contributed by atoms with Gasteiger partial charge in [-0.3, -0.25) is 0 Å². The largest absolute Gasteiger partial charge is 0.389 e. The van der Waals surface area contributed by atoms with Crippen molar-refractivity contribution >= 4 is 34.7 Å². The third-order valence-electron chi connectivity index (χ3n) is 2.08. The molecule has 0 heterocycles. The van der Waals surface area contributed by atoms with Crippen molar-refractivity contribution in [3.63, 3.8) is 0 Å². The average Bonchev–Trinajstić information content (AvgIpc) is 2.15. The van der Waals surface area contributed by atoms with Gasteiger partial charge in [-0.1, -0.05) is 25.2 Å². The van der Waals surface area contributed by atoms with Crippen LogP contribution < -0.4 is 11.1 Å². The van der Waals surface area contributed by atoms with Crippen LogP contribution in [0.15, 0.2) is 23.1 Å². The van der Waals surface area contributed by atoms with E-state index in [1.165, 1.54) is 0 Å². The summed E-state index contributed by atoms with van der Waals surface area (Å²) in [6, 6.07) is 6.13. The molecule has 94 valence electrons. The SMILES string of the molecule is CCSc1cccc(NC(C)(C)C)c1C(N)=S. The maximum atomic E-state index is 5.84. The van der Waals surface area contributed by atoms with E-state index in [0.717, 1.165) is 21.9 Å². The van der Waals surface area contributed by atoms with E-state index < -0.39 is 0 Å². The molecule has 2 nitrogen and oxygen atoms in total.